The third-order valence-electron chi connectivity index (χ3n) is 5.99. The second-order valence-corrected chi connectivity index (χ2v) is 9.13. The summed E-state index contributed by atoms with van der Waals surface area (Å²) < 4.78 is 0. The standard InChI is InChI=1S/C21H36O2/c1-14(2)12-20(5,22)13-16(4)17-8-7-15(3)18-9-10-21(6,23)19(18)11-17/h11,14,16,18-19,22-23H,3,7-10,12-13H2,1-2,4-6H3/t16-,18?,19?,20?,21?/m0/s1. The molecular weight excluding hydrogens is 284 g/mol. The molecule has 1 saturated carbocycles. The molecule has 0 aromatic rings. The predicted octanol–water partition coefficient (Wildman–Crippen LogP) is 4.86. The molecule has 1 fully saturated rings. The Balaban J connectivity index is 2.16. The molecule has 0 bridgehead atoms. The summed E-state index contributed by atoms with van der Waals surface area (Å²) in [6.07, 6.45) is 7.95. The summed E-state index contributed by atoms with van der Waals surface area (Å²) in [7, 11) is 0. The van der Waals surface area contributed by atoms with Crippen molar-refractivity contribution in [3.63, 3.8) is 0 Å². The van der Waals surface area contributed by atoms with Crippen molar-refractivity contribution in [3.05, 3.63) is 23.8 Å². The van der Waals surface area contributed by atoms with E-state index in [0.717, 1.165) is 38.5 Å². The van der Waals surface area contributed by atoms with Gasteiger partial charge >= 0.3 is 0 Å². The maximum Gasteiger partial charge on any atom is 0.0688 e. The van der Waals surface area contributed by atoms with Crippen molar-refractivity contribution in [2.45, 2.75) is 84.3 Å². The van der Waals surface area contributed by atoms with Crippen LogP contribution in [0.2, 0.25) is 0 Å². The van der Waals surface area contributed by atoms with E-state index in [2.05, 4.69) is 33.4 Å². The summed E-state index contributed by atoms with van der Waals surface area (Å²) in [6.45, 7) is 14.8. The molecule has 23 heavy (non-hydrogen) atoms. The Hall–Kier alpha value is -0.600. The van der Waals surface area contributed by atoms with Crippen LogP contribution in [0.15, 0.2) is 23.8 Å². The zero-order chi connectivity index (χ0) is 17.4. The Bertz CT molecular complexity index is 470. The lowest BCUT2D eigenvalue weighted by Crippen LogP contribution is -2.31. The summed E-state index contributed by atoms with van der Waals surface area (Å²) in [5.41, 5.74) is 1.49. The lowest BCUT2D eigenvalue weighted by atomic mass is 9.80. The first-order chi connectivity index (χ1) is 10.5. The van der Waals surface area contributed by atoms with Gasteiger partial charge in [-0.25, -0.2) is 0 Å². The zero-order valence-electron chi connectivity index (χ0n) is 15.7. The van der Waals surface area contributed by atoms with Crippen molar-refractivity contribution < 1.29 is 10.2 Å². The highest BCUT2D eigenvalue weighted by molar-refractivity contribution is 5.24. The SMILES string of the molecule is C=C1CCC([C@@H](C)CC(C)(O)CC(C)C)=CC2C1CCC2(C)O. The molecule has 2 aliphatic rings. The maximum absolute atomic E-state index is 10.7. The number of fused-ring (bicyclic) bond motifs is 1. The van der Waals surface area contributed by atoms with E-state index >= 15 is 0 Å². The quantitative estimate of drug-likeness (QED) is 0.710. The molecule has 0 aromatic heterocycles. The van der Waals surface area contributed by atoms with E-state index in [1.807, 2.05) is 13.8 Å². The highest BCUT2D eigenvalue weighted by atomic mass is 16.3. The van der Waals surface area contributed by atoms with Gasteiger partial charge in [0.05, 0.1) is 11.2 Å². The van der Waals surface area contributed by atoms with E-state index in [4.69, 9.17) is 0 Å². The van der Waals surface area contributed by atoms with Crippen LogP contribution >= 0.6 is 0 Å². The van der Waals surface area contributed by atoms with Gasteiger partial charge in [0.15, 0.2) is 0 Å². The first kappa shape index (κ1) is 18.7. The molecule has 0 saturated heterocycles. The van der Waals surface area contributed by atoms with Crippen LogP contribution in [0.5, 0.6) is 0 Å². The van der Waals surface area contributed by atoms with E-state index < -0.39 is 11.2 Å². The molecular formula is C21H36O2. The van der Waals surface area contributed by atoms with Crippen LogP contribution in [-0.2, 0) is 0 Å². The van der Waals surface area contributed by atoms with Gasteiger partial charge in [0.2, 0.25) is 0 Å². The molecule has 0 spiro atoms. The molecule has 0 heterocycles. The van der Waals surface area contributed by atoms with Gasteiger partial charge in [0.1, 0.15) is 0 Å². The Morgan fingerprint density at radius 2 is 1.96 bits per heavy atom. The van der Waals surface area contributed by atoms with Gasteiger partial charge in [-0.3, -0.25) is 0 Å². The van der Waals surface area contributed by atoms with E-state index in [-0.39, 0.29) is 5.92 Å². The maximum atomic E-state index is 10.7. The molecule has 2 nitrogen and oxygen atoms in total. The number of allylic oxidation sites excluding steroid dienone is 2. The largest absolute Gasteiger partial charge is 0.390 e. The highest BCUT2D eigenvalue weighted by Crippen LogP contribution is 2.48. The highest BCUT2D eigenvalue weighted by Gasteiger charge is 2.44. The third-order valence-corrected chi connectivity index (χ3v) is 5.99. The normalized spacial score (nSPS) is 35.5. The average Bonchev–Trinajstić information content (AvgIpc) is 2.56. The van der Waals surface area contributed by atoms with Gasteiger partial charge in [0.25, 0.3) is 0 Å². The van der Waals surface area contributed by atoms with Crippen LogP contribution in [0, 0.1) is 23.7 Å². The molecule has 2 rings (SSSR count). The van der Waals surface area contributed by atoms with Gasteiger partial charge in [-0.2, -0.15) is 0 Å². The summed E-state index contributed by atoms with van der Waals surface area (Å²) in [5, 5.41) is 21.5. The van der Waals surface area contributed by atoms with Crippen LogP contribution in [0.4, 0.5) is 0 Å². The fraction of sp³-hybridized carbons (Fsp3) is 0.810. The second-order valence-electron chi connectivity index (χ2n) is 9.13. The van der Waals surface area contributed by atoms with Crippen LogP contribution < -0.4 is 0 Å². The molecule has 2 heteroatoms. The number of aliphatic hydroxyl groups is 2. The minimum Gasteiger partial charge on any atom is -0.390 e. The summed E-state index contributed by atoms with van der Waals surface area (Å²) in [6, 6.07) is 0. The summed E-state index contributed by atoms with van der Waals surface area (Å²) >= 11 is 0. The minimum atomic E-state index is -0.616. The van der Waals surface area contributed by atoms with Gasteiger partial charge in [-0.15, -0.1) is 0 Å². The van der Waals surface area contributed by atoms with Gasteiger partial charge in [-0.05, 0) is 70.1 Å². The molecule has 0 aromatic carbocycles. The lowest BCUT2D eigenvalue weighted by molar-refractivity contribution is 0.0194. The van der Waals surface area contributed by atoms with E-state index in [1.165, 1.54) is 11.1 Å². The monoisotopic (exact) mass is 320 g/mol. The van der Waals surface area contributed by atoms with Gasteiger partial charge in [0, 0.05) is 5.92 Å². The van der Waals surface area contributed by atoms with Crippen molar-refractivity contribution in [1.82, 2.24) is 0 Å². The molecule has 2 aliphatic carbocycles. The number of hydrogen-bond acceptors (Lipinski definition) is 2. The number of rotatable bonds is 5. The number of hydrogen-bond donors (Lipinski definition) is 2. The Morgan fingerprint density at radius 1 is 1.30 bits per heavy atom. The molecule has 0 amide bonds. The van der Waals surface area contributed by atoms with Crippen LogP contribution in [0.1, 0.15) is 73.1 Å². The minimum absolute atomic E-state index is 0.199. The summed E-state index contributed by atoms with van der Waals surface area (Å²) in [4.78, 5) is 0. The van der Waals surface area contributed by atoms with Gasteiger partial charge < -0.3 is 10.2 Å². The van der Waals surface area contributed by atoms with Gasteiger partial charge in [-0.1, -0.05) is 44.6 Å². The molecule has 2 N–H and O–H groups in total. The molecule has 0 aliphatic heterocycles. The fourth-order valence-corrected chi connectivity index (χ4v) is 4.95. The zero-order valence-corrected chi connectivity index (χ0v) is 15.7. The molecule has 5 atom stereocenters. The first-order valence-corrected chi connectivity index (χ1v) is 9.35. The lowest BCUT2D eigenvalue weighted by Gasteiger charge is -2.31. The Labute approximate surface area is 142 Å². The first-order valence-electron chi connectivity index (χ1n) is 9.35. The van der Waals surface area contributed by atoms with E-state index in [1.54, 1.807) is 0 Å². The summed E-state index contributed by atoms with van der Waals surface area (Å²) in [5.74, 6) is 1.49. The van der Waals surface area contributed by atoms with Crippen molar-refractivity contribution in [2.75, 3.05) is 0 Å². The molecule has 4 unspecified atom stereocenters. The predicted molar refractivity (Wildman–Crippen MR) is 97.2 cm³/mol. The smallest absolute Gasteiger partial charge is 0.0688 e. The molecule has 0 radical (unpaired) electrons. The Kier molecular flexibility index (Phi) is 5.48. The molecule has 132 valence electrons. The van der Waals surface area contributed by atoms with E-state index in [9.17, 15) is 10.2 Å². The second kappa shape index (κ2) is 6.72. The van der Waals surface area contributed by atoms with E-state index in [0.29, 0.717) is 17.8 Å². The fourth-order valence-electron chi connectivity index (χ4n) is 4.95. The average molecular weight is 321 g/mol. The van der Waals surface area contributed by atoms with Crippen molar-refractivity contribution in [3.8, 4) is 0 Å². The van der Waals surface area contributed by atoms with Crippen LogP contribution in [0.25, 0.3) is 0 Å². The van der Waals surface area contributed by atoms with Crippen LogP contribution in [-0.4, -0.2) is 21.4 Å². The Morgan fingerprint density at radius 3 is 2.57 bits per heavy atom. The topological polar surface area (TPSA) is 40.5 Å². The third kappa shape index (κ3) is 4.48. The van der Waals surface area contributed by atoms with Crippen molar-refractivity contribution in [1.29, 1.82) is 0 Å². The van der Waals surface area contributed by atoms with Crippen molar-refractivity contribution >= 4 is 0 Å². The van der Waals surface area contributed by atoms with Crippen molar-refractivity contribution in [2.24, 2.45) is 23.7 Å². The van der Waals surface area contributed by atoms with Crippen LogP contribution in [0.3, 0.4) is 0 Å².